The third-order valence-corrected chi connectivity index (χ3v) is 3.75. The summed E-state index contributed by atoms with van der Waals surface area (Å²) < 4.78 is 55.6. The number of rotatable bonds is 6. The first-order valence-corrected chi connectivity index (χ1v) is 7.25. The van der Waals surface area contributed by atoms with Crippen LogP contribution in [0.15, 0.2) is 6.07 Å². The predicted octanol–water partition coefficient (Wildman–Crippen LogP) is 2.19. The average Bonchev–Trinajstić information content (AvgIpc) is 3.04. The average molecular weight is 337 g/mol. The summed E-state index contributed by atoms with van der Waals surface area (Å²) >= 11 is 0. The predicted molar refractivity (Wildman–Crippen MR) is 73.7 cm³/mol. The molecule has 1 aliphatic rings. The van der Waals surface area contributed by atoms with Gasteiger partial charge in [-0.2, -0.15) is 13.9 Å². The maximum atomic E-state index is 12.7. The maximum Gasteiger partial charge on any atom is 0.330 e. The monoisotopic (exact) mass is 337 g/mol. The largest absolute Gasteiger partial charge is 0.365 e. The van der Waals surface area contributed by atoms with E-state index < -0.39 is 31.5 Å². The molecular formula is C14H19F4N3O2. The molecule has 1 aromatic rings. The molecule has 1 saturated heterocycles. The molecule has 1 aromatic heterocycles. The van der Waals surface area contributed by atoms with E-state index in [4.69, 9.17) is 0 Å². The molecule has 5 nitrogen and oxygen atoms in total. The van der Waals surface area contributed by atoms with Crippen molar-refractivity contribution in [2.24, 2.45) is 0 Å². The second-order valence-corrected chi connectivity index (χ2v) is 5.71. The third-order valence-electron chi connectivity index (χ3n) is 3.75. The highest BCUT2D eigenvalue weighted by Gasteiger charge is 2.41. The lowest BCUT2D eigenvalue weighted by Crippen LogP contribution is -2.36. The molecule has 0 spiro atoms. The summed E-state index contributed by atoms with van der Waals surface area (Å²) in [7, 11) is 0. The number of aryl methyl sites for hydroxylation is 2. The summed E-state index contributed by atoms with van der Waals surface area (Å²) in [5.41, 5.74) is 1.86. The lowest BCUT2D eigenvalue weighted by Gasteiger charge is -2.19. The van der Waals surface area contributed by atoms with Gasteiger partial charge >= 0.3 is 12.3 Å². The van der Waals surface area contributed by atoms with Crippen LogP contribution in [0.3, 0.4) is 0 Å². The molecule has 0 aliphatic carbocycles. The van der Waals surface area contributed by atoms with Crippen molar-refractivity contribution >= 4 is 5.91 Å². The molecule has 9 heteroatoms. The van der Waals surface area contributed by atoms with E-state index >= 15 is 0 Å². The van der Waals surface area contributed by atoms with Crippen molar-refractivity contribution in [1.82, 2.24) is 14.7 Å². The van der Waals surface area contributed by atoms with Crippen molar-refractivity contribution in [3.63, 3.8) is 0 Å². The quantitative estimate of drug-likeness (QED) is 0.748. The van der Waals surface area contributed by atoms with Crippen molar-refractivity contribution in [3.05, 3.63) is 17.5 Å². The van der Waals surface area contributed by atoms with Gasteiger partial charge in [-0.3, -0.25) is 9.48 Å². The van der Waals surface area contributed by atoms with Gasteiger partial charge < -0.3 is 9.64 Å². The van der Waals surface area contributed by atoms with Crippen molar-refractivity contribution in [2.75, 3.05) is 26.3 Å². The van der Waals surface area contributed by atoms with Crippen LogP contribution in [0, 0.1) is 13.8 Å². The Balaban J connectivity index is 1.82. The highest BCUT2D eigenvalue weighted by Crippen LogP contribution is 2.24. The second kappa shape index (κ2) is 6.86. The molecule has 0 aromatic carbocycles. The van der Waals surface area contributed by atoms with Crippen LogP contribution in [0.4, 0.5) is 17.6 Å². The van der Waals surface area contributed by atoms with Crippen LogP contribution in [-0.4, -0.2) is 59.2 Å². The number of likely N-dealkylation sites (tertiary alicyclic amines) is 1. The minimum absolute atomic E-state index is 0.0233. The van der Waals surface area contributed by atoms with Crippen LogP contribution in [-0.2, 0) is 9.53 Å². The molecule has 0 radical (unpaired) electrons. The third kappa shape index (κ3) is 4.21. The highest BCUT2D eigenvalue weighted by atomic mass is 19.3. The molecular weight excluding hydrogens is 318 g/mol. The van der Waals surface area contributed by atoms with Gasteiger partial charge in [-0.25, -0.2) is 8.78 Å². The van der Waals surface area contributed by atoms with E-state index in [9.17, 15) is 22.4 Å². The van der Waals surface area contributed by atoms with Gasteiger partial charge in [0.15, 0.2) is 0 Å². The van der Waals surface area contributed by atoms with E-state index in [1.165, 1.54) is 4.90 Å². The number of amides is 1. The molecule has 1 fully saturated rings. The van der Waals surface area contributed by atoms with Crippen LogP contribution >= 0.6 is 0 Å². The van der Waals surface area contributed by atoms with Gasteiger partial charge in [0.25, 0.3) is 0 Å². The van der Waals surface area contributed by atoms with Crippen molar-refractivity contribution < 1.29 is 27.1 Å². The number of nitrogens with zero attached hydrogens (tertiary/aromatic N) is 3. The fourth-order valence-electron chi connectivity index (χ4n) is 2.61. The van der Waals surface area contributed by atoms with Gasteiger partial charge in [-0.1, -0.05) is 0 Å². The summed E-state index contributed by atoms with van der Waals surface area (Å²) in [4.78, 5) is 13.4. The summed E-state index contributed by atoms with van der Waals surface area (Å²) in [6, 6.07) is 1.95. The molecule has 0 N–H and O–H groups in total. The van der Waals surface area contributed by atoms with Gasteiger partial charge in [-0.05, 0) is 26.3 Å². The van der Waals surface area contributed by atoms with Crippen LogP contribution in [0.25, 0.3) is 0 Å². The normalized spacial score (nSPS) is 18.9. The lowest BCUT2D eigenvalue weighted by atomic mass is 10.2. The first-order valence-electron chi connectivity index (χ1n) is 7.25. The van der Waals surface area contributed by atoms with E-state index in [0.717, 1.165) is 11.4 Å². The van der Waals surface area contributed by atoms with E-state index in [0.29, 0.717) is 19.5 Å². The minimum Gasteiger partial charge on any atom is -0.365 e. The summed E-state index contributed by atoms with van der Waals surface area (Å²) in [6.45, 7) is 2.54. The minimum atomic E-state index is -4.24. The zero-order chi connectivity index (χ0) is 17.2. The number of halogens is 4. The van der Waals surface area contributed by atoms with Gasteiger partial charge in [0.2, 0.25) is 5.91 Å². The Morgan fingerprint density at radius 3 is 2.74 bits per heavy atom. The van der Waals surface area contributed by atoms with Gasteiger partial charge in [0.1, 0.15) is 13.2 Å². The Hall–Kier alpha value is -1.64. The molecule has 1 atom stereocenters. The Morgan fingerprint density at radius 1 is 1.48 bits per heavy atom. The van der Waals surface area contributed by atoms with Crippen LogP contribution in [0.1, 0.15) is 23.9 Å². The van der Waals surface area contributed by atoms with Gasteiger partial charge in [-0.15, -0.1) is 0 Å². The van der Waals surface area contributed by atoms with E-state index in [-0.39, 0.29) is 6.04 Å². The van der Waals surface area contributed by atoms with E-state index in [2.05, 4.69) is 9.84 Å². The number of carbonyl (C=O) groups is 1. The van der Waals surface area contributed by atoms with E-state index in [1.54, 1.807) is 0 Å². The number of carbonyl (C=O) groups excluding carboxylic acids is 1. The Bertz CT molecular complexity index is 562. The molecule has 2 heterocycles. The number of ether oxygens (including phenoxy) is 1. The second-order valence-electron chi connectivity index (χ2n) is 5.71. The Morgan fingerprint density at radius 2 is 2.17 bits per heavy atom. The number of alkyl halides is 4. The fraction of sp³-hybridized carbons (Fsp3) is 0.714. The molecule has 130 valence electrons. The zero-order valence-electron chi connectivity index (χ0n) is 12.9. The highest BCUT2D eigenvalue weighted by molar-refractivity contribution is 5.77. The SMILES string of the molecule is Cc1cc(C)n([C@@H]2CCN(C(=O)COCC(F)(F)C(F)F)C2)n1. The molecule has 0 unspecified atom stereocenters. The van der Waals surface area contributed by atoms with E-state index in [1.807, 2.05) is 24.6 Å². The standard InChI is InChI=1S/C14H19F4N3O2/c1-9-5-10(2)21(19-9)11-3-4-20(6-11)12(22)7-23-8-14(17,18)13(15)16/h5,11,13H,3-4,6-8H2,1-2H3/t11-/m1/s1. The Labute approximate surface area is 131 Å². The first kappa shape index (κ1) is 17.7. The molecule has 1 amide bonds. The molecule has 23 heavy (non-hydrogen) atoms. The van der Waals surface area contributed by atoms with Crippen LogP contribution in [0.5, 0.6) is 0 Å². The Kier molecular flexibility index (Phi) is 5.28. The van der Waals surface area contributed by atoms with Crippen LogP contribution in [0.2, 0.25) is 0 Å². The number of hydrogen-bond acceptors (Lipinski definition) is 3. The van der Waals surface area contributed by atoms with Gasteiger partial charge in [0, 0.05) is 18.8 Å². The zero-order valence-corrected chi connectivity index (χ0v) is 12.9. The van der Waals surface area contributed by atoms with Crippen molar-refractivity contribution in [3.8, 4) is 0 Å². The number of hydrogen-bond donors (Lipinski definition) is 0. The van der Waals surface area contributed by atoms with Crippen molar-refractivity contribution in [2.45, 2.75) is 38.7 Å². The summed E-state index contributed by atoms with van der Waals surface area (Å²) in [5.74, 6) is -4.73. The fourth-order valence-corrected chi connectivity index (χ4v) is 2.61. The first-order chi connectivity index (χ1) is 10.7. The lowest BCUT2D eigenvalue weighted by molar-refractivity contribution is -0.170. The van der Waals surface area contributed by atoms with Gasteiger partial charge in [0.05, 0.1) is 11.7 Å². The molecule has 1 aliphatic heterocycles. The topological polar surface area (TPSA) is 47.4 Å². The van der Waals surface area contributed by atoms with Crippen molar-refractivity contribution in [1.29, 1.82) is 0 Å². The summed E-state index contributed by atoms with van der Waals surface area (Å²) in [5, 5.41) is 4.36. The smallest absolute Gasteiger partial charge is 0.330 e. The maximum absolute atomic E-state index is 12.7. The molecule has 2 rings (SSSR count). The molecule has 0 bridgehead atoms. The van der Waals surface area contributed by atoms with Crippen LogP contribution < -0.4 is 0 Å². The number of aromatic nitrogens is 2. The molecule has 0 saturated carbocycles. The summed E-state index contributed by atoms with van der Waals surface area (Å²) in [6.07, 6.45) is -3.11.